The number of alkyl halides is 3. The highest BCUT2D eigenvalue weighted by Crippen LogP contribution is 2.35. The van der Waals surface area contributed by atoms with E-state index in [9.17, 15) is 23.1 Å². The van der Waals surface area contributed by atoms with Gasteiger partial charge in [0.25, 0.3) is 0 Å². The van der Waals surface area contributed by atoms with Crippen LogP contribution in [0.5, 0.6) is 5.75 Å². The Kier molecular flexibility index (Phi) is 9.78. The predicted molar refractivity (Wildman–Crippen MR) is 169 cm³/mol. The highest BCUT2D eigenvalue weighted by Gasteiger charge is 2.33. The van der Waals surface area contributed by atoms with Gasteiger partial charge in [0.05, 0.1) is 11.4 Å². The summed E-state index contributed by atoms with van der Waals surface area (Å²) in [7, 11) is 0. The monoisotopic (exact) mass is 638 g/mol. The summed E-state index contributed by atoms with van der Waals surface area (Å²) in [5, 5.41) is 18.4. The SMILES string of the molecule is Cc1cc(C)c(N2C(=NC(=O)NCCCCc3ccc(-c4ncn(-c5ccc(OC(F)(F)F)cc5)n4)cc3)SCC2O)c(C)c1. The lowest BCUT2D eigenvalue weighted by molar-refractivity contribution is -0.274. The fourth-order valence-corrected chi connectivity index (χ4v) is 6.17. The van der Waals surface area contributed by atoms with Gasteiger partial charge in [0.2, 0.25) is 0 Å². The number of ether oxygens (including phenoxy) is 1. The van der Waals surface area contributed by atoms with E-state index in [1.807, 2.05) is 45.0 Å². The first kappa shape index (κ1) is 32.0. The number of nitrogens with zero attached hydrogens (tertiary/aromatic N) is 5. The van der Waals surface area contributed by atoms with Crippen LogP contribution in [-0.4, -0.2) is 56.0 Å². The summed E-state index contributed by atoms with van der Waals surface area (Å²) in [6.07, 6.45) is -1.55. The Morgan fingerprint density at radius 3 is 2.42 bits per heavy atom. The van der Waals surface area contributed by atoms with Gasteiger partial charge >= 0.3 is 12.4 Å². The first-order valence-electron chi connectivity index (χ1n) is 14.4. The van der Waals surface area contributed by atoms with Gasteiger partial charge in [-0.1, -0.05) is 53.7 Å². The van der Waals surface area contributed by atoms with E-state index in [1.54, 1.807) is 4.90 Å². The summed E-state index contributed by atoms with van der Waals surface area (Å²) in [6, 6.07) is 16.9. The number of anilines is 1. The van der Waals surface area contributed by atoms with Crippen molar-refractivity contribution in [2.45, 2.75) is 52.6 Å². The smallest absolute Gasteiger partial charge is 0.406 e. The maximum Gasteiger partial charge on any atom is 0.573 e. The molecule has 0 spiro atoms. The molecule has 0 aliphatic carbocycles. The van der Waals surface area contributed by atoms with Crippen molar-refractivity contribution in [3.8, 4) is 22.8 Å². The molecule has 0 saturated carbocycles. The van der Waals surface area contributed by atoms with E-state index in [2.05, 4.69) is 37.3 Å². The van der Waals surface area contributed by atoms with Gasteiger partial charge < -0.3 is 15.2 Å². The number of hydrogen-bond acceptors (Lipinski definition) is 6. The summed E-state index contributed by atoms with van der Waals surface area (Å²) in [4.78, 5) is 22.9. The third kappa shape index (κ3) is 8.22. The van der Waals surface area contributed by atoms with Crippen LogP contribution in [0.2, 0.25) is 0 Å². The summed E-state index contributed by atoms with van der Waals surface area (Å²) in [6.45, 7) is 6.50. The number of amides is 2. The van der Waals surface area contributed by atoms with Crippen LogP contribution < -0.4 is 15.0 Å². The topological polar surface area (TPSA) is 105 Å². The number of nitrogens with one attached hydrogen (secondary N) is 1. The lowest BCUT2D eigenvalue weighted by atomic mass is 10.0. The number of urea groups is 1. The van der Waals surface area contributed by atoms with Gasteiger partial charge in [0.1, 0.15) is 18.3 Å². The minimum Gasteiger partial charge on any atom is -0.406 e. The van der Waals surface area contributed by atoms with Crippen LogP contribution in [0, 0.1) is 20.8 Å². The maximum absolute atomic E-state index is 12.6. The van der Waals surface area contributed by atoms with E-state index in [4.69, 9.17) is 0 Å². The molecule has 1 aliphatic heterocycles. The molecule has 5 rings (SSSR count). The van der Waals surface area contributed by atoms with E-state index in [0.717, 1.165) is 52.8 Å². The van der Waals surface area contributed by atoms with E-state index >= 15 is 0 Å². The molecule has 0 radical (unpaired) electrons. The Morgan fingerprint density at radius 1 is 1.07 bits per heavy atom. The van der Waals surface area contributed by atoms with Crippen molar-refractivity contribution >= 4 is 28.6 Å². The Bertz CT molecular complexity index is 1650. The molecule has 2 N–H and O–H groups in total. The van der Waals surface area contributed by atoms with Gasteiger partial charge in [-0.15, -0.1) is 18.3 Å². The van der Waals surface area contributed by atoms with Gasteiger partial charge in [0.15, 0.2) is 11.0 Å². The zero-order chi connectivity index (χ0) is 32.1. The van der Waals surface area contributed by atoms with E-state index in [0.29, 0.717) is 29.0 Å². The molecule has 13 heteroatoms. The number of aliphatic hydroxyl groups excluding tert-OH is 1. The normalized spacial score (nSPS) is 15.9. The lowest BCUT2D eigenvalue weighted by Gasteiger charge is -2.26. The number of benzene rings is 3. The number of aliphatic imine (C=N–C) groups is 1. The highest BCUT2D eigenvalue weighted by molar-refractivity contribution is 8.14. The molecule has 2 amide bonds. The average Bonchev–Trinajstić information content (AvgIpc) is 3.60. The minimum absolute atomic E-state index is 0.308. The van der Waals surface area contributed by atoms with Crippen molar-refractivity contribution in [1.29, 1.82) is 0 Å². The maximum atomic E-state index is 12.6. The molecule has 236 valence electrons. The molecule has 1 aromatic heterocycles. The molecule has 0 bridgehead atoms. The second-order valence-corrected chi connectivity index (χ2v) is 11.7. The predicted octanol–water partition coefficient (Wildman–Crippen LogP) is 6.72. The molecule has 4 aromatic rings. The van der Waals surface area contributed by atoms with Gasteiger partial charge in [0, 0.05) is 17.9 Å². The molecule has 2 heterocycles. The molecule has 1 fully saturated rings. The average molecular weight is 639 g/mol. The summed E-state index contributed by atoms with van der Waals surface area (Å²) < 4.78 is 42.6. The molecule has 1 unspecified atom stereocenters. The van der Waals surface area contributed by atoms with Crippen LogP contribution >= 0.6 is 11.8 Å². The number of unbranched alkanes of at least 4 members (excludes halogenated alkanes) is 1. The second-order valence-electron chi connectivity index (χ2n) is 10.7. The molecular weight excluding hydrogens is 605 g/mol. The third-order valence-electron chi connectivity index (χ3n) is 7.15. The number of aryl methyl sites for hydroxylation is 4. The van der Waals surface area contributed by atoms with Crippen LogP contribution in [0.15, 0.2) is 72.0 Å². The minimum atomic E-state index is -4.75. The Labute approximate surface area is 263 Å². The Balaban J connectivity index is 1.09. The van der Waals surface area contributed by atoms with Gasteiger partial charge in [-0.05, 0) is 81.0 Å². The number of thioether (sulfide) groups is 1. The van der Waals surface area contributed by atoms with Crippen molar-refractivity contribution in [3.63, 3.8) is 0 Å². The van der Waals surface area contributed by atoms with E-state index in [1.165, 1.54) is 47.0 Å². The zero-order valence-electron chi connectivity index (χ0n) is 25.0. The first-order valence-corrected chi connectivity index (χ1v) is 15.4. The molecule has 1 atom stereocenters. The molecule has 3 aromatic carbocycles. The molecular formula is C32H33F3N6O3S. The van der Waals surface area contributed by atoms with Gasteiger partial charge in [-0.2, -0.15) is 4.99 Å². The van der Waals surface area contributed by atoms with Crippen molar-refractivity contribution in [2.75, 3.05) is 17.2 Å². The zero-order valence-corrected chi connectivity index (χ0v) is 25.8. The Hall–Kier alpha value is -4.36. The number of halogens is 3. The number of carbonyl (C=O) groups is 1. The number of aromatic nitrogens is 3. The van der Waals surface area contributed by atoms with Crippen LogP contribution in [-0.2, 0) is 6.42 Å². The first-order chi connectivity index (χ1) is 21.5. The number of carbonyl (C=O) groups excluding carboxylic acids is 1. The van der Waals surface area contributed by atoms with Crippen LogP contribution in [0.3, 0.4) is 0 Å². The summed E-state index contributed by atoms with van der Waals surface area (Å²) >= 11 is 1.36. The molecule has 9 nitrogen and oxygen atoms in total. The van der Waals surface area contributed by atoms with Crippen molar-refractivity contribution in [3.05, 3.63) is 89.2 Å². The van der Waals surface area contributed by atoms with Crippen molar-refractivity contribution in [1.82, 2.24) is 20.1 Å². The fourth-order valence-electron chi connectivity index (χ4n) is 5.22. The van der Waals surface area contributed by atoms with Crippen molar-refractivity contribution in [2.24, 2.45) is 4.99 Å². The highest BCUT2D eigenvalue weighted by atomic mass is 32.2. The lowest BCUT2D eigenvalue weighted by Crippen LogP contribution is -2.36. The quantitative estimate of drug-likeness (QED) is 0.196. The van der Waals surface area contributed by atoms with E-state index < -0.39 is 18.6 Å². The summed E-state index contributed by atoms with van der Waals surface area (Å²) in [5.74, 6) is 0.617. The van der Waals surface area contributed by atoms with Gasteiger partial charge in [-0.3, -0.25) is 4.90 Å². The largest absolute Gasteiger partial charge is 0.573 e. The van der Waals surface area contributed by atoms with Crippen LogP contribution in [0.1, 0.15) is 35.1 Å². The number of rotatable bonds is 9. The van der Waals surface area contributed by atoms with Gasteiger partial charge in [-0.25, -0.2) is 14.5 Å². The number of hydrogen-bond donors (Lipinski definition) is 2. The van der Waals surface area contributed by atoms with Crippen LogP contribution in [0.4, 0.5) is 23.7 Å². The third-order valence-corrected chi connectivity index (χ3v) is 8.16. The number of aliphatic hydroxyl groups is 1. The molecule has 1 aliphatic rings. The van der Waals surface area contributed by atoms with Crippen LogP contribution in [0.25, 0.3) is 17.1 Å². The second kappa shape index (κ2) is 13.7. The molecule has 1 saturated heterocycles. The van der Waals surface area contributed by atoms with Crippen molar-refractivity contribution < 1.29 is 27.8 Å². The standard InChI is InChI=1S/C32H33F3N6O3S/c1-20-16-21(2)28(22(3)17-20)41-27(42)18-45-31(41)38-30(43)36-15-5-4-6-23-7-9-24(10-8-23)29-37-19-40(39-29)25-11-13-26(14-12-25)44-32(33,34)35/h7-14,16-17,19,27,42H,4-6,15,18H2,1-3H3,(H,36,43). The Morgan fingerprint density at radius 2 is 1.76 bits per heavy atom. The summed E-state index contributed by atoms with van der Waals surface area (Å²) in [5.41, 5.74) is 6.54. The molecule has 45 heavy (non-hydrogen) atoms. The fraction of sp³-hybridized carbons (Fsp3) is 0.312. The number of amidine groups is 1. The van der Waals surface area contributed by atoms with E-state index in [-0.39, 0.29) is 5.75 Å².